The zero-order chi connectivity index (χ0) is 17.2. The van der Waals surface area contributed by atoms with Crippen LogP contribution >= 0.6 is 0 Å². The molecule has 1 aliphatic rings. The molecule has 1 aromatic heterocycles. The highest BCUT2D eigenvalue weighted by Gasteiger charge is 2.43. The third-order valence-electron chi connectivity index (χ3n) is 3.75. The minimum absolute atomic E-state index is 0.0913. The largest absolute Gasteiger partial charge is 0.465 e. The topological polar surface area (TPSA) is 77.8 Å². The number of carbonyl (C=O) groups excluding carboxylic acids is 2. The van der Waals surface area contributed by atoms with Crippen LogP contribution in [-0.4, -0.2) is 23.7 Å². The summed E-state index contributed by atoms with van der Waals surface area (Å²) in [5, 5.41) is 2.83. The van der Waals surface area contributed by atoms with E-state index in [0.29, 0.717) is 5.76 Å². The van der Waals surface area contributed by atoms with Crippen molar-refractivity contribution in [2.24, 2.45) is 11.8 Å². The van der Waals surface area contributed by atoms with Crippen molar-refractivity contribution < 1.29 is 23.5 Å². The maximum absolute atomic E-state index is 12.1. The van der Waals surface area contributed by atoms with Crippen molar-refractivity contribution in [1.29, 1.82) is 0 Å². The molecule has 23 heavy (non-hydrogen) atoms. The lowest BCUT2D eigenvalue weighted by Crippen LogP contribution is -2.50. The summed E-state index contributed by atoms with van der Waals surface area (Å²) in [7, 11) is 0. The van der Waals surface area contributed by atoms with E-state index in [1.54, 1.807) is 39.2 Å². The number of ether oxygens (including phenoxy) is 2. The summed E-state index contributed by atoms with van der Waals surface area (Å²) in [6.07, 6.45) is 0.636. The molecule has 1 amide bonds. The Balaban J connectivity index is 2.19. The van der Waals surface area contributed by atoms with Gasteiger partial charge in [-0.25, -0.2) is 4.79 Å². The number of hydrogen-bond donors (Lipinski definition) is 1. The van der Waals surface area contributed by atoms with Crippen molar-refractivity contribution in [1.82, 2.24) is 5.32 Å². The normalized spacial score (nSPS) is 25.1. The van der Waals surface area contributed by atoms with Gasteiger partial charge in [-0.05, 0) is 38.8 Å². The molecular weight excluding hydrogens is 298 g/mol. The lowest BCUT2D eigenvalue weighted by Gasteiger charge is -2.39. The van der Waals surface area contributed by atoms with Crippen LogP contribution in [0.1, 0.15) is 52.9 Å². The molecule has 1 aliphatic heterocycles. The third kappa shape index (κ3) is 4.50. The average Bonchev–Trinajstić information content (AvgIpc) is 2.88. The van der Waals surface area contributed by atoms with Gasteiger partial charge in [0.2, 0.25) is 0 Å². The number of furan rings is 1. The van der Waals surface area contributed by atoms with Gasteiger partial charge in [-0.1, -0.05) is 13.8 Å². The van der Waals surface area contributed by atoms with E-state index in [2.05, 4.69) is 5.32 Å². The van der Waals surface area contributed by atoms with Gasteiger partial charge in [0, 0.05) is 12.0 Å². The maximum atomic E-state index is 12.1. The van der Waals surface area contributed by atoms with E-state index in [0.717, 1.165) is 0 Å². The molecule has 6 heteroatoms. The summed E-state index contributed by atoms with van der Waals surface area (Å²) in [6, 6.07) is 3.18. The molecule has 0 saturated carbocycles. The monoisotopic (exact) mass is 323 g/mol. The third-order valence-corrected chi connectivity index (χ3v) is 3.75. The second kappa shape index (κ2) is 6.64. The smallest absolute Gasteiger partial charge is 0.407 e. The van der Waals surface area contributed by atoms with Crippen LogP contribution in [0.15, 0.2) is 22.8 Å². The van der Waals surface area contributed by atoms with Gasteiger partial charge in [-0.3, -0.25) is 4.79 Å². The van der Waals surface area contributed by atoms with Crippen LogP contribution in [0, 0.1) is 11.8 Å². The van der Waals surface area contributed by atoms with E-state index in [-0.39, 0.29) is 30.3 Å². The van der Waals surface area contributed by atoms with Crippen molar-refractivity contribution in [2.75, 3.05) is 0 Å². The highest BCUT2D eigenvalue weighted by molar-refractivity contribution is 5.74. The first-order chi connectivity index (χ1) is 10.7. The number of hydrogen-bond acceptors (Lipinski definition) is 5. The van der Waals surface area contributed by atoms with Crippen molar-refractivity contribution in [3.05, 3.63) is 24.2 Å². The number of nitrogens with one attached hydrogen (secondary N) is 1. The van der Waals surface area contributed by atoms with Crippen LogP contribution in [0.2, 0.25) is 0 Å². The zero-order valence-corrected chi connectivity index (χ0v) is 14.3. The molecule has 1 N–H and O–H groups in total. The number of cyclic esters (lactones) is 1. The second-order valence-electron chi connectivity index (χ2n) is 7.20. The van der Waals surface area contributed by atoms with E-state index in [1.165, 1.54) is 0 Å². The summed E-state index contributed by atoms with van der Waals surface area (Å²) in [5.74, 6) is 0.321. The van der Waals surface area contributed by atoms with Crippen molar-refractivity contribution in [3.63, 3.8) is 0 Å². The van der Waals surface area contributed by atoms with Crippen LogP contribution in [0.25, 0.3) is 0 Å². The SMILES string of the molecule is CC(C)[C@@H]1[C@H](NC(=O)OC(C)(C)C)CC(=O)O[C@H]1c1ccco1. The fraction of sp³-hybridized carbons (Fsp3) is 0.647. The summed E-state index contributed by atoms with van der Waals surface area (Å²) in [5.41, 5.74) is -0.590. The first-order valence-electron chi connectivity index (χ1n) is 7.90. The molecule has 0 unspecified atom stereocenters. The Bertz CT molecular complexity index is 544. The van der Waals surface area contributed by atoms with Gasteiger partial charge in [0.15, 0.2) is 6.10 Å². The van der Waals surface area contributed by atoms with Crippen LogP contribution in [0.3, 0.4) is 0 Å². The Kier molecular flexibility index (Phi) is 5.02. The molecule has 0 spiro atoms. The summed E-state index contributed by atoms with van der Waals surface area (Å²) in [6.45, 7) is 9.46. The van der Waals surface area contributed by atoms with E-state index < -0.39 is 17.8 Å². The summed E-state index contributed by atoms with van der Waals surface area (Å²) < 4.78 is 16.2. The molecule has 1 fully saturated rings. The lowest BCUT2D eigenvalue weighted by atomic mass is 9.79. The molecule has 0 aromatic carbocycles. The van der Waals surface area contributed by atoms with Gasteiger partial charge in [0.1, 0.15) is 11.4 Å². The van der Waals surface area contributed by atoms with Crippen molar-refractivity contribution in [2.45, 2.75) is 58.8 Å². The Labute approximate surface area is 136 Å². The number of rotatable bonds is 3. The zero-order valence-electron chi connectivity index (χ0n) is 14.3. The molecular formula is C17H25NO5. The Hall–Kier alpha value is -1.98. The van der Waals surface area contributed by atoms with Crippen molar-refractivity contribution in [3.8, 4) is 0 Å². The second-order valence-corrected chi connectivity index (χ2v) is 7.20. The van der Waals surface area contributed by atoms with Gasteiger partial charge in [0.05, 0.1) is 12.7 Å². The number of esters is 1. The predicted molar refractivity (Wildman–Crippen MR) is 83.6 cm³/mol. The number of amides is 1. The Morgan fingerprint density at radius 2 is 2.09 bits per heavy atom. The predicted octanol–water partition coefficient (Wildman–Crippen LogP) is 3.43. The number of carbonyl (C=O) groups is 2. The first kappa shape index (κ1) is 17.4. The minimum Gasteiger partial charge on any atom is -0.465 e. The van der Waals surface area contributed by atoms with Gasteiger partial charge in [-0.15, -0.1) is 0 Å². The van der Waals surface area contributed by atoms with Crippen LogP contribution < -0.4 is 5.32 Å². The van der Waals surface area contributed by atoms with Gasteiger partial charge >= 0.3 is 12.1 Å². The van der Waals surface area contributed by atoms with Gasteiger partial charge in [-0.2, -0.15) is 0 Å². The van der Waals surface area contributed by atoms with Crippen molar-refractivity contribution >= 4 is 12.1 Å². The molecule has 1 saturated heterocycles. The van der Waals surface area contributed by atoms with E-state index in [9.17, 15) is 9.59 Å². The van der Waals surface area contributed by atoms with E-state index in [4.69, 9.17) is 13.9 Å². The molecule has 0 bridgehead atoms. The minimum atomic E-state index is -0.590. The average molecular weight is 323 g/mol. The number of alkyl carbamates (subject to hydrolysis) is 1. The molecule has 1 aromatic rings. The van der Waals surface area contributed by atoms with Crippen LogP contribution in [0.4, 0.5) is 4.79 Å². The molecule has 2 heterocycles. The molecule has 128 valence electrons. The molecule has 3 atom stereocenters. The molecule has 0 radical (unpaired) electrons. The summed E-state index contributed by atoms with van der Waals surface area (Å²) >= 11 is 0. The fourth-order valence-electron chi connectivity index (χ4n) is 2.92. The Morgan fingerprint density at radius 1 is 1.39 bits per heavy atom. The highest BCUT2D eigenvalue weighted by Crippen LogP contribution is 2.39. The highest BCUT2D eigenvalue weighted by atomic mass is 16.6. The first-order valence-corrected chi connectivity index (χ1v) is 7.90. The fourth-order valence-corrected chi connectivity index (χ4v) is 2.92. The molecule has 2 rings (SSSR count). The van der Waals surface area contributed by atoms with Crippen LogP contribution in [-0.2, 0) is 14.3 Å². The van der Waals surface area contributed by atoms with Gasteiger partial charge < -0.3 is 19.2 Å². The van der Waals surface area contributed by atoms with Crippen LogP contribution in [0.5, 0.6) is 0 Å². The Morgan fingerprint density at radius 3 is 2.61 bits per heavy atom. The molecule has 6 nitrogen and oxygen atoms in total. The standard InChI is InChI=1S/C17H25NO5/c1-10(2)14-11(18-16(20)23-17(3,4)5)9-13(19)22-15(14)12-7-6-8-21-12/h6-8,10-11,14-15H,9H2,1-5H3,(H,18,20)/t11-,14-,15+/m1/s1. The molecule has 0 aliphatic carbocycles. The maximum Gasteiger partial charge on any atom is 0.407 e. The van der Waals surface area contributed by atoms with E-state index >= 15 is 0 Å². The lowest BCUT2D eigenvalue weighted by molar-refractivity contribution is -0.164. The van der Waals surface area contributed by atoms with E-state index in [1.807, 2.05) is 13.8 Å². The quantitative estimate of drug-likeness (QED) is 0.862. The summed E-state index contributed by atoms with van der Waals surface area (Å²) in [4.78, 5) is 24.0. The van der Waals surface area contributed by atoms with Gasteiger partial charge in [0.25, 0.3) is 0 Å².